The molecule has 2 aliphatic rings. The number of nitrogens with zero attached hydrogens (tertiary/aromatic N) is 5. The highest BCUT2D eigenvalue weighted by atomic mass is 16.5. The van der Waals surface area contributed by atoms with Gasteiger partial charge < -0.3 is 10.1 Å². The first-order valence-electron chi connectivity index (χ1n) is 10.2. The fourth-order valence-electron chi connectivity index (χ4n) is 4.26. The van der Waals surface area contributed by atoms with Gasteiger partial charge in [0.2, 0.25) is 0 Å². The van der Waals surface area contributed by atoms with Crippen molar-refractivity contribution in [3.05, 3.63) is 70.4 Å². The normalized spacial score (nSPS) is 19.0. The van der Waals surface area contributed by atoms with Crippen LogP contribution in [-0.2, 0) is 17.9 Å². The number of piperazine rings is 1. The molecule has 0 radical (unpaired) electrons. The Hall–Kier alpha value is -3.10. The van der Waals surface area contributed by atoms with Crippen LogP contribution in [0, 0.1) is 13.8 Å². The minimum Gasteiger partial charge on any atom is -0.457 e. The number of aromatic nitrogens is 4. The number of esters is 1. The molecule has 2 aliphatic heterocycles. The number of rotatable bonds is 4. The van der Waals surface area contributed by atoms with Crippen molar-refractivity contribution in [2.45, 2.75) is 33.0 Å². The van der Waals surface area contributed by atoms with Gasteiger partial charge in [-0.2, -0.15) is 5.10 Å². The van der Waals surface area contributed by atoms with Crippen LogP contribution in [0.25, 0.3) is 5.82 Å². The number of hydrogen-bond acceptors (Lipinski definition) is 7. The lowest BCUT2D eigenvalue weighted by Gasteiger charge is -2.34. The van der Waals surface area contributed by atoms with E-state index in [1.807, 2.05) is 35.9 Å². The largest absolute Gasteiger partial charge is 0.457 e. The number of carbonyl (C=O) groups excluding carboxylic acids is 1. The lowest BCUT2D eigenvalue weighted by Crippen LogP contribution is -2.45. The number of imidazole rings is 1. The quantitative estimate of drug-likeness (QED) is 0.667. The van der Waals surface area contributed by atoms with Crippen LogP contribution in [0.1, 0.15) is 44.5 Å². The van der Waals surface area contributed by atoms with E-state index in [4.69, 9.17) is 4.74 Å². The van der Waals surface area contributed by atoms with Gasteiger partial charge >= 0.3 is 5.97 Å². The first-order chi connectivity index (χ1) is 14.6. The molecule has 0 amide bonds. The second-order valence-electron chi connectivity index (χ2n) is 7.93. The van der Waals surface area contributed by atoms with Gasteiger partial charge in [0.1, 0.15) is 12.9 Å². The van der Waals surface area contributed by atoms with Crippen LogP contribution in [0.4, 0.5) is 0 Å². The van der Waals surface area contributed by atoms with Crippen LogP contribution >= 0.6 is 0 Å². The third-order valence-electron chi connectivity index (χ3n) is 5.91. The smallest absolute Gasteiger partial charge is 0.338 e. The summed E-state index contributed by atoms with van der Waals surface area (Å²) in [5.41, 5.74) is 6.00. The van der Waals surface area contributed by atoms with Crippen molar-refractivity contribution in [3.8, 4) is 5.82 Å². The Labute approximate surface area is 174 Å². The Morgan fingerprint density at radius 3 is 2.87 bits per heavy atom. The monoisotopic (exact) mass is 404 g/mol. The van der Waals surface area contributed by atoms with E-state index in [-0.39, 0.29) is 12.0 Å². The van der Waals surface area contributed by atoms with Crippen LogP contribution in [0.3, 0.4) is 0 Å². The van der Waals surface area contributed by atoms with Crippen LogP contribution in [0.2, 0.25) is 0 Å². The molecule has 4 heterocycles. The summed E-state index contributed by atoms with van der Waals surface area (Å²) >= 11 is 0. The maximum absolute atomic E-state index is 11.8. The SMILES string of the molecule is Cc1cn(-c2ccc(CN3CCNC(c4ccc5c(c4C)COC5=O)C3)nn2)cn1. The summed E-state index contributed by atoms with van der Waals surface area (Å²) in [6.45, 7) is 7.88. The third-order valence-corrected chi connectivity index (χ3v) is 5.91. The highest BCUT2D eigenvalue weighted by Gasteiger charge is 2.28. The zero-order valence-corrected chi connectivity index (χ0v) is 17.1. The van der Waals surface area contributed by atoms with Gasteiger partial charge in [-0.15, -0.1) is 5.10 Å². The van der Waals surface area contributed by atoms with Gasteiger partial charge in [-0.3, -0.25) is 9.47 Å². The van der Waals surface area contributed by atoms with Gasteiger partial charge in [-0.25, -0.2) is 9.78 Å². The zero-order valence-electron chi connectivity index (χ0n) is 17.1. The fourth-order valence-corrected chi connectivity index (χ4v) is 4.26. The standard InChI is InChI=1S/C22H24N6O2/c1-14-9-28(13-24-14)21-6-3-16(25-26-21)10-27-8-7-23-20(11-27)17-4-5-18-19(15(17)2)12-30-22(18)29/h3-6,9,13,20,23H,7-8,10-12H2,1-2H3. The molecule has 8 heteroatoms. The summed E-state index contributed by atoms with van der Waals surface area (Å²) in [5, 5.41) is 12.4. The van der Waals surface area contributed by atoms with Crippen LogP contribution in [-0.4, -0.2) is 50.3 Å². The van der Waals surface area contributed by atoms with E-state index in [0.717, 1.165) is 54.5 Å². The molecule has 1 unspecified atom stereocenters. The molecule has 3 aromatic rings. The Morgan fingerprint density at radius 1 is 1.20 bits per heavy atom. The second-order valence-corrected chi connectivity index (χ2v) is 7.93. The predicted molar refractivity (Wildman–Crippen MR) is 110 cm³/mol. The summed E-state index contributed by atoms with van der Waals surface area (Å²) in [5.74, 6) is 0.550. The molecule has 0 spiro atoms. The van der Waals surface area contributed by atoms with E-state index in [1.165, 1.54) is 5.56 Å². The highest BCUT2D eigenvalue weighted by molar-refractivity contribution is 5.93. The van der Waals surface area contributed by atoms with Crippen molar-refractivity contribution in [2.75, 3.05) is 19.6 Å². The van der Waals surface area contributed by atoms with Gasteiger partial charge in [0, 0.05) is 44.0 Å². The molecule has 5 rings (SSSR count). The van der Waals surface area contributed by atoms with Crippen molar-refractivity contribution in [1.82, 2.24) is 30.0 Å². The van der Waals surface area contributed by atoms with E-state index in [0.29, 0.717) is 12.2 Å². The topological polar surface area (TPSA) is 85.2 Å². The van der Waals surface area contributed by atoms with Gasteiger partial charge in [-0.1, -0.05) is 6.07 Å². The maximum atomic E-state index is 11.8. The molecule has 1 aromatic carbocycles. The van der Waals surface area contributed by atoms with Gasteiger partial charge in [0.05, 0.1) is 17.0 Å². The van der Waals surface area contributed by atoms with Crippen LogP contribution < -0.4 is 5.32 Å². The number of aryl methyl sites for hydroxylation is 1. The number of ether oxygens (including phenoxy) is 1. The second kappa shape index (κ2) is 7.62. The summed E-state index contributed by atoms with van der Waals surface area (Å²) in [7, 11) is 0. The molecule has 154 valence electrons. The van der Waals surface area contributed by atoms with Gasteiger partial charge in [0.15, 0.2) is 5.82 Å². The molecule has 8 nitrogen and oxygen atoms in total. The average molecular weight is 404 g/mol. The predicted octanol–water partition coefficient (Wildman–Crippen LogP) is 2.10. The van der Waals surface area contributed by atoms with Crippen molar-refractivity contribution < 1.29 is 9.53 Å². The molecule has 0 bridgehead atoms. The lowest BCUT2D eigenvalue weighted by molar-refractivity contribution is 0.0535. The number of benzene rings is 1. The van der Waals surface area contributed by atoms with Crippen molar-refractivity contribution in [2.24, 2.45) is 0 Å². The van der Waals surface area contributed by atoms with Crippen LogP contribution in [0.5, 0.6) is 0 Å². The van der Waals surface area contributed by atoms with E-state index in [9.17, 15) is 4.79 Å². The fraction of sp³-hybridized carbons (Fsp3) is 0.364. The van der Waals surface area contributed by atoms with Crippen molar-refractivity contribution in [3.63, 3.8) is 0 Å². The molecular formula is C22H24N6O2. The van der Waals surface area contributed by atoms with E-state index < -0.39 is 0 Å². The minimum atomic E-state index is -0.217. The lowest BCUT2D eigenvalue weighted by atomic mass is 9.93. The summed E-state index contributed by atoms with van der Waals surface area (Å²) in [4.78, 5) is 18.4. The number of cyclic esters (lactones) is 1. The first kappa shape index (κ1) is 18.9. The maximum Gasteiger partial charge on any atom is 0.338 e. The Bertz CT molecular complexity index is 1090. The minimum absolute atomic E-state index is 0.209. The van der Waals surface area contributed by atoms with Gasteiger partial charge in [0.25, 0.3) is 0 Å². The molecule has 0 aliphatic carbocycles. The zero-order chi connectivity index (χ0) is 20.7. The highest BCUT2D eigenvalue weighted by Crippen LogP contribution is 2.30. The number of carbonyl (C=O) groups is 1. The summed E-state index contributed by atoms with van der Waals surface area (Å²) in [6.07, 6.45) is 3.68. The van der Waals surface area contributed by atoms with Gasteiger partial charge in [-0.05, 0) is 43.2 Å². The number of hydrogen-bond donors (Lipinski definition) is 1. The third kappa shape index (κ3) is 3.48. The summed E-state index contributed by atoms with van der Waals surface area (Å²) in [6, 6.07) is 8.17. The van der Waals surface area contributed by atoms with Crippen LogP contribution in [0.15, 0.2) is 36.8 Å². The molecule has 1 atom stereocenters. The molecule has 30 heavy (non-hydrogen) atoms. The molecular weight excluding hydrogens is 380 g/mol. The van der Waals surface area contributed by atoms with E-state index in [2.05, 4.69) is 38.4 Å². The van der Waals surface area contributed by atoms with Crippen molar-refractivity contribution >= 4 is 5.97 Å². The number of fused-ring (bicyclic) bond motifs is 1. The number of nitrogens with one attached hydrogen (secondary N) is 1. The molecule has 0 saturated carbocycles. The average Bonchev–Trinajstić information content (AvgIpc) is 3.35. The van der Waals surface area contributed by atoms with Crippen molar-refractivity contribution in [1.29, 1.82) is 0 Å². The first-order valence-corrected chi connectivity index (χ1v) is 10.2. The Balaban J connectivity index is 1.29. The van der Waals surface area contributed by atoms with E-state index >= 15 is 0 Å². The summed E-state index contributed by atoms with van der Waals surface area (Å²) < 4.78 is 7.07. The molecule has 1 saturated heterocycles. The molecule has 2 aromatic heterocycles. The Morgan fingerprint density at radius 2 is 2.10 bits per heavy atom. The Kier molecular flexibility index (Phi) is 4.80. The molecule has 1 fully saturated rings. The van der Waals surface area contributed by atoms with E-state index in [1.54, 1.807) is 6.33 Å². The molecule has 1 N–H and O–H groups in total.